The van der Waals surface area contributed by atoms with E-state index in [1.54, 1.807) is 36.4 Å². The van der Waals surface area contributed by atoms with Crippen molar-refractivity contribution in [2.45, 2.75) is 20.0 Å². The number of aryl methyl sites for hydroxylation is 1. The Labute approximate surface area is 159 Å². The van der Waals surface area contributed by atoms with Gasteiger partial charge in [0, 0.05) is 11.8 Å². The third-order valence-corrected chi connectivity index (χ3v) is 3.64. The van der Waals surface area contributed by atoms with Crippen LogP contribution in [-0.2, 0) is 14.3 Å². The largest absolute Gasteiger partial charge is 0.490 e. The summed E-state index contributed by atoms with van der Waals surface area (Å²) in [6.45, 7) is 7.51. The second-order valence-electron chi connectivity index (χ2n) is 5.94. The first kappa shape index (κ1) is 20.0. The molecule has 0 bridgehead atoms. The minimum atomic E-state index is -0.905. The Morgan fingerprint density at radius 3 is 2.41 bits per heavy atom. The van der Waals surface area contributed by atoms with Crippen molar-refractivity contribution in [3.05, 3.63) is 78.4 Å². The van der Waals surface area contributed by atoms with Gasteiger partial charge in [-0.25, -0.2) is 4.79 Å². The maximum absolute atomic E-state index is 12.1. The van der Waals surface area contributed by atoms with Crippen LogP contribution in [0.1, 0.15) is 18.1 Å². The first-order valence-corrected chi connectivity index (χ1v) is 8.58. The number of hydrogen-bond donors (Lipinski definition) is 1. The van der Waals surface area contributed by atoms with E-state index in [1.165, 1.54) is 13.0 Å². The van der Waals surface area contributed by atoms with Gasteiger partial charge < -0.3 is 14.8 Å². The molecule has 140 valence electrons. The van der Waals surface area contributed by atoms with Crippen LogP contribution in [0.4, 0.5) is 5.69 Å². The van der Waals surface area contributed by atoms with Crippen LogP contribution in [0.15, 0.2) is 67.3 Å². The summed E-state index contributed by atoms with van der Waals surface area (Å²) in [5.41, 5.74) is 2.57. The van der Waals surface area contributed by atoms with Gasteiger partial charge in [0.2, 0.25) is 0 Å². The molecule has 0 spiro atoms. The van der Waals surface area contributed by atoms with Gasteiger partial charge in [-0.1, -0.05) is 42.5 Å². The van der Waals surface area contributed by atoms with Crippen LogP contribution in [0.2, 0.25) is 0 Å². The van der Waals surface area contributed by atoms with Gasteiger partial charge in [0.15, 0.2) is 6.10 Å². The van der Waals surface area contributed by atoms with E-state index >= 15 is 0 Å². The summed E-state index contributed by atoms with van der Waals surface area (Å²) in [4.78, 5) is 24.0. The van der Waals surface area contributed by atoms with Crippen LogP contribution in [0.25, 0.3) is 6.08 Å². The molecule has 0 aromatic heterocycles. The Bertz CT molecular complexity index is 807. The highest BCUT2D eigenvalue weighted by Crippen LogP contribution is 2.13. The first-order chi connectivity index (χ1) is 13.0. The maximum atomic E-state index is 12.1. The minimum absolute atomic E-state index is 0.385. The number of esters is 1. The van der Waals surface area contributed by atoms with Gasteiger partial charge >= 0.3 is 5.97 Å². The van der Waals surface area contributed by atoms with Crippen LogP contribution in [0.3, 0.4) is 0 Å². The molecule has 0 fully saturated rings. The van der Waals surface area contributed by atoms with Gasteiger partial charge in [-0.15, -0.1) is 0 Å². The van der Waals surface area contributed by atoms with Crippen molar-refractivity contribution in [2.24, 2.45) is 0 Å². The smallest absolute Gasteiger partial charge is 0.331 e. The zero-order chi connectivity index (χ0) is 19.6. The molecule has 0 heterocycles. The lowest BCUT2D eigenvalue weighted by atomic mass is 10.2. The predicted octanol–water partition coefficient (Wildman–Crippen LogP) is 4.14. The average molecular weight is 365 g/mol. The SMILES string of the molecule is C=CCOc1ccc(/C=C/C(=O)O[C@@H](C)C(=O)Nc2ccc(C)cc2)cc1. The van der Waals surface area contributed by atoms with Crippen molar-refractivity contribution >= 4 is 23.6 Å². The molecule has 0 saturated carbocycles. The summed E-state index contributed by atoms with van der Waals surface area (Å²) in [6.07, 6.45) is 3.66. The molecule has 2 aromatic carbocycles. The van der Waals surface area contributed by atoms with Gasteiger partial charge in [0.25, 0.3) is 5.91 Å². The highest BCUT2D eigenvalue weighted by atomic mass is 16.5. The highest BCUT2D eigenvalue weighted by Gasteiger charge is 2.16. The Balaban J connectivity index is 1.84. The van der Waals surface area contributed by atoms with Gasteiger partial charge in [-0.2, -0.15) is 0 Å². The Hall–Kier alpha value is -3.34. The second-order valence-corrected chi connectivity index (χ2v) is 5.94. The lowest BCUT2D eigenvalue weighted by molar-refractivity contribution is -0.148. The molecule has 0 saturated heterocycles. The van der Waals surface area contributed by atoms with Crippen LogP contribution in [0.5, 0.6) is 5.75 Å². The van der Waals surface area contributed by atoms with E-state index in [1.807, 2.05) is 31.2 Å². The summed E-state index contributed by atoms with van der Waals surface area (Å²) >= 11 is 0. The number of ether oxygens (including phenoxy) is 2. The van der Waals surface area contributed by atoms with Crippen LogP contribution in [0, 0.1) is 6.92 Å². The Morgan fingerprint density at radius 2 is 1.78 bits per heavy atom. The molecule has 1 atom stereocenters. The normalized spacial score (nSPS) is 11.6. The molecule has 5 heteroatoms. The van der Waals surface area contributed by atoms with Gasteiger partial charge in [-0.05, 0) is 49.8 Å². The number of amides is 1. The van der Waals surface area contributed by atoms with Gasteiger partial charge in [-0.3, -0.25) is 4.79 Å². The van der Waals surface area contributed by atoms with Crippen molar-refractivity contribution in [1.82, 2.24) is 0 Å². The standard InChI is InChI=1S/C22H23NO4/c1-4-15-26-20-12-7-18(8-13-20)9-14-21(24)27-17(3)22(25)23-19-10-5-16(2)6-11-19/h4-14,17H,1,15H2,2-3H3,(H,23,25)/b14-9+/t17-/m0/s1. The number of benzene rings is 2. The van der Waals surface area contributed by atoms with Crippen LogP contribution < -0.4 is 10.1 Å². The predicted molar refractivity (Wildman–Crippen MR) is 107 cm³/mol. The fourth-order valence-corrected chi connectivity index (χ4v) is 2.14. The summed E-state index contributed by atoms with van der Waals surface area (Å²) < 4.78 is 10.5. The molecular formula is C22H23NO4. The third-order valence-electron chi connectivity index (χ3n) is 3.64. The van der Waals surface area contributed by atoms with E-state index in [0.717, 1.165) is 16.9 Å². The fraction of sp³-hybridized carbons (Fsp3) is 0.182. The number of anilines is 1. The van der Waals surface area contributed by atoms with Crippen molar-refractivity contribution in [3.8, 4) is 5.75 Å². The Morgan fingerprint density at radius 1 is 1.11 bits per heavy atom. The van der Waals surface area contributed by atoms with Crippen LogP contribution in [-0.4, -0.2) is 24.6 Å². The Kier molecular flexibility index (Phi) is 7.37. The molecule has 27 heavy (non-hydrogen) atoms. The summed E-state index contributed by atoms with van der Waals surface area (Å²) in [5, 5.41) is 2.71. The van der Waals surface area contributed by atoms with E-state index in [0.29, 0.717) is 12.3 Å². The average Bonchev–Trinajstić information content (AvgIpc) is 2.67. The molecular weight excluding hydrogens is 342 g/mol. The second kappa shape index (κ2) is 9.97. The monoisotopic (exact) mass is 365 g/mol. The van der Waals surface area contributed by atoms with Crippen molar-refractivity contribution in [2.75, 3.05) is 11.9 Å². The lowest BCUT2D eigenvalue weighted by Crippen LogP contribution is -2.29. The van der Waals surface area contributed by atoms with E-state index in [2.05, 4.69) is 11.9 Å². The van der Waals surface area contributed by atoms with Gasteiger partial charge in [0.05, 0.1) is 0 Å². The molecule has 0 radical (unpaired) electrons. The molecule has 2 rings (SSSR count). The molecule has 0 aliphatic carbocycles. The lowest BCUT2D eigenvalue weighted by Gasteiger charge is -2.12. The molecule has 1 N–H and O–H groups in total. The molecule has 0 aliphatic heterocycles. The quantitative estimate of drug-likeness (QED) is 0.434. The van der Waals surface area contributed by atoms with Crippen molar-refractivity contribution < 1.29 is 19.1 Å². The first-order valence-electron chi connectivity index (χ1n) is 8.58. The highest BCUT2D eigenvalue weighted by molar-refractivity contribution is 5.96. The molecule has 5 nitrogen and oxygen atoms in total. The third kappa shape index (κ3) is 6.82. The number of carbonyl (C=O) groups is 2. The number of rotatable bonds is 8. The zero-order valence-corrected chi connectivity index (χ0v) is 15.5. The minimum Gasteiger partial charge on any atom is -0.490 e. The summed E-state index contributed by atoms with van der Waals surface area (Å²) in [7, 11) is 0. The topological polar surface area (TPSA) is 64.6 Å². The fourth-order valence-electron chi connectivity index (χ4n) is 2.14. The molecule has 2 aromatic rings. The van der Waals surface area contributed by atoms with Gasteiger partial charge in [0.1, 0.15) is 12.4 Å². The maximum Gasteiger partial charge on any atom is 0.331 e. The van der Waals surface area contributed by atoms with E-state index in [9.17, 15) is 9.59 Å². The van der Waals surface area contributed by atoms with E-state index in [4.69, 9.17) is 9.47 Å². The molecule has 1 amide bonds. The number of hydrogen-bond acceptors (Lipinski definition) is 4. The zero-order valence-electron chi connectivity index (χ0n) is 15.5. The van der Waals surface area contributed by atoms with Crippen LogP contribution >= 0.6 is 0 Å². The molecule has 0 unspecified atom stereocenters. The van der Waals surface area contributed by atoms with E-state index in [-0.39, 0.29) is 5.91 Å². The van der Waals surface area contributed by atoms with Crippen molar-refractivity contribution in [1.29, 1.82) is 0 Å². The van der Waals surface area contributed by atoms with E-state index < -0.39 is 12.1 Å². The molecule has 0 aliphatic rings. The number of carbonyl (C=O) groups excluding carboxylic acids is 2. The number of nitrogens with one attached hydrogen (secondary N) is 1. The summed E-state index contributed by atoms with van der Waals surface area (Å²) in [6, 6.07) is 14.6. The van der Waals surface area contributed by atoms with Crippen molar-refractivity contribution in [3.63, 3.8) is 0 Å². The summed E-state index contributed by atoms with van der Waals surface area (Å²) in [5.74, 6) is -0.256.